The molecule has 2 aromatic rings. The molecule has 2 unspecified atom stereocenters. The zero-order valence-electron chi connectivity index (χ0n) is 19.7. The summed E-state index contributed by atoms with van der Waals surface area (Å²) in [5, 5.41) is 3.40. The number of hydrogen-bond donors (Lipinski definition) is 1. The molecule has 0 spiro atoms. The van der Waals surface area contributed by atoms with Gasteiger partial charge in [0.2, 0.25) is 0 Å². The first-order chi connectivity index (χ1) is 16.0. The lowest BCUT2D eigenvalue weighted by Gasteiger charge is -2.36. The summed E-state index contributed by atoms with van der Waals surface area (Å²) in [6, 6.07) is 16.1. The van der Waals surface area contributed by atoms with Crippen LogP contribution in [0.4, 0.5) is 0 Å². The Morgan fingerprint density at radius 1 is 1.06 bits per heavy atom. The van der Waals surface area contributed by atoms with Gasteiger partial charge in [-0.1, -0.05) is 43.3 Å². The molecule has 33 heavy (non-hydrogen) atoms. The topological polar surface area (TPSA) is 64.6 Å². The smallest absolute Gasteiger partial charge is 0.336 e. The number of methoxy groups -OCH3 is 1. The first kappa shape index (κ1) is 22.8. The number of Topliss-reactive ketones (excluding diaryl/α,β-unsaturated/α-hetero) is 1. The third kappa shape index (κ3) is 4.45. The summed E-state index contributed by atoms with van der Waals surface area (Å²) in [6.07, 6.45) is 2.03. The van der Waals surface area contributed by atoms with Crippen LogP contribution in [0, 0.1) is 0 Å². The van der Waals surface area contributed by atoms with Crippen LogP contribution in [-0.4, -0.2) is 25.5 Å². The van der Waals surface area contributed by atoms with Crippen LogP contribution >= 0.6 is 0 Å². The summed E-state index contributed by atoms with van der Waals surface area (Å²) in [7, 11) is 1.65. The molecule has 0 amide bonds. The lowest BCUT2D eigenvalue weighted by molar-refractivity contribution is -0.138. The van der Waals surface area contributed by atoms with E-state index < -0.39 is 5.92 Å². The summed E-state index contributed by atoms with van der Waals surface area (Å²) in [4.78, 5) is 26.6. The summed E-state index contributed by atoms with van der Waals surface area (Å²) in [5.41, 5.74) is 6.09. The minimum atomic E-state index is -0.426. The van der Waals surface area contributed by atoms with E-state index in [0.29, 0.717) is 24.0 Å². The number of hydrogen-bond acceptors (Lipinski definition) is 5. The number of allylic oxidation sites excluding steroid dienone is 3. The molecule has 2 atom stereocenters. The summed E-state index contributed by atoms with van der Waals surface area (Å²) in [5.74, 6) is 0.103. The van der Waals surface area contributed by atoms with Gasteiger partial charge in [-0.25, -0.2) is 4.79 Å². The molecule has 0 bridgehead atoms. The van der Waals surface area contributed by atoms with E-state index in [0.717, 1.165) is 34.7 Å². The van der Waals surface area contributed by atoms with Crippen molar-refractivity contribution in [3.05, 3.63) is 87.8 Å². The molecule has 2 aliphatic rings. The third-order valence-corrected chi connectivity index (χ3v) is 6.61. The van der Waals surface area contributed by atoms with Crippen LogP contribution in [0.25, 0.3) is 0 Å². The molecule has 0 saturated heterocycles. The van der Waals surface area contributed by atoms with Gasteiger partial charge in [-0.05, 0) is 61.4 Å². The average Bonchev–Trinajstić information content (AvgIpc) is 2.83. The molecule has 5 heteroatoms. The van der Waals surface area contributed by atoms with Gasteiger partial charge < -0.3 is 14.8 Å². The molecule has 4 rings (SSSR count). The van der Waals surface area contributed by atoms with Crippen molar-refractivity contribution < 1.29 is 19.1 Å². The fourth-order valence-corrected chi connectivity index (χ4v) is 4.93. The van der Waals surface area contributed by atoms with Gasteiger partial charge in [0.1, 0.15) is 5.75 Å². The highest BCUT2D eigenvalue weighted by atomic mass is 16.5. The molecular weight excluding hydrogens is 414 g/mol. The highest BCUT2D eigenvalue weighted by molar-refractivity contribution is 6.04. The number of carbonyl (C=O) groups is 2. The van der Waals surface area contributed by atoms with E-state index in [9.17, 15) is 9.59 Å². The van der Waals surface area contributed by atoms with Gasteiger partial charge in [0.25, 0.3) is 0 Å². The van der Waals surface area contributed by atoms with Crippen LogP contribution < -0.4 is 10.1 Å². The Balaban J connectivity index is 1.77. The maximum absolute atomic E-state index is 13.6. The van der Waals surface area contributed by atoms with Gasteiger partial charge in [-0.15, -0.1) is 0 Å². The first-order valence-electron chi connectivity index (χ1n) is 11.6. The largest absolute Gasteiger partial charge is 0.497 e. The number of benzene rings is 2. The molecule has 1 aliphatic carbocycles. The van der Waals surface area contributed by atoms with Crippen molar-refractivity contribution in [2.75, 3.05) is 13.7 Å². The predicted molar refractivity (Wildman–Crippen MR) is 128 cm³/mol. The molecule has 2 aromatic carbocycles. The Morgan fingerprint density at radius 3 is 2.48 bits per heavy atom. The molecule has 1 N–H and O–H groups in total. The molecule has 1 heterocycles. The molecule has 0 aromatic heterocycles. The number of nitrogens with one attached hydrogen (secondary N) is 1. The highest BCUT2D eigenvalue weighted by Crippen LogP contribution is 2.46. The Hall–Kier alpha value is -3.34. The number of rotatable bonds is 6. The van der Waals surface area contributed by atoms with Crippen molar-refractivity contribution in [3.63, 3.8) is 0 Å². The van der Waals surface area contributed by atoms with Crippen molar-refractivity contribution >= 4 is 11.8 Å². The lowest BCUT2D eigenvalue weighted by Crippen LogP contribution is -2.36. The normalized spacial score (nSPS) is 20.3. The second-order valence-corrected chi connectivity index (χ2v) is 8.61. The maximum Gasteiger partial charge on any atom is 0.336 e. The number of aryl methyl sites for hydroxylation is 1. The monoisotopic (exact) mass is 445 g/mol. The van der Waals surface area contributed by atoms with E-state index in [1.807, 2.05) is 43.3 Å². The molecule has 0 radical (unpaired) electrons. The van der Waals surface area contributed by atoms with Gasteiger partial charge >= 0.3 is 5.97 Å². The zero-order valence-corrected chi connectivity index (χ0v) is 19.7. The molecule has 1 aliphatic heterocycles. The van der Waals surface area contributed by atoms with Crippen molar-refractivity contribution in [1.29, 1.82) is 0 Å². The van der Waals surface area contributed by atoms with Crippen LogP contribution in [0.1, 0.15) is 62.1 Å². The van der Waals surface area contributed by atoms with E-state index >= 15 is 0 Å². The van der Waals surface area contributed by atoms with Gasteiger partial charge in [-0.3, -0.25) is 4.79 Å². The van der Waals surface area contributed by atoms with Crippen molar-refractivity contribution in [2.24, 2.45) is 0 Å². The summed E-state index contributed by atoms with van der Waals surface area (Å²) in [6.45, 7) is 6.08. The number of esters is 1. The Bertz CT molecular complexity index is 1130. The van der Waals surface area contributed by atoms with Crippen molar-refractivity contribution in [2.45, 2.75) is 51.9 Å². The van der Waals surface area contributed by atoms with Gasteiger partial charge in [0.05, 0.1) is 19.3 Å². The summed E-state index contributed by atoms with van der Waals surface area (Å²) < 4.78 is 10.8. The third-order valence-electron chi connectivity index (χ3n) is 6.61. The highest BCUT2D eigenvalue weighted by Gasteiger charge is 2.41. The van der Waals surface area contributed by atoms with E-state index in [1.165, 1.54) is 5.56 Å². The van der Waals surface area contributed by atoms with Gasteiger partial charge in [-0.2, -0.15) is 0 Å². The second kappa shape index (κ2) is 9.65. The Morgan fingerprint density at radius 2 is 1.82 bits per heavy atom. The van der Waals surface area contributed by atoms with E-state index in [4.69, 9.17) is 9.47 Å². The minimum Gasteiger partial charge on any atom is -0.497 e. The first-order valence-corrected chi connectivity index (χ1v) is 11.6. The van der Waals surface area contributed by atoms with Crippen LogP contribution in [0.15, 0.2) is 71.1 Å². The number of carbonyl (C=O) groups excluding carboxylic acids is 2. The van der Waals surface area contributed by atoms with Crippen LogP contribution in [-0.2, 0) is 20.7 Å². The quantitative estimate of drug-likeness (QED) is 0.621. The zero-order chi connectivity index (χ0) is 23.5. The van der Waals surface area contributed by atoms with E-state index in [-0.39, 0.29) is 24.3 Å². The van der Waals surface area contributed by atoms with Gasteiger partial charge in [0, 0.05) is 29.3 Å². The van der Waals surface area contributed by atoms with Crippen LogP contribution in [0.3, 0.4) is 0 Å². The van der Waals surface area contributed by atoms with Crippen LogP contribution in [0.5, 0.6) is 5.75 Å². The van der Waals surface area contributed by atoms with Crippen molar-refractivity contribution in [1.82, 2.24) is 5.32 Å². The molecule has 0 fully saturated rings. The average molecular weight is 446 g/mol. The Labute approximate surface area is 195 Å². The van der Waals surface area contributed by atoms with Crippen LogP contribution in [0.2, 0.25) is 0 Å². The fraction of sp³-hybridized carbons (Fsp3) is 0.357. The number of dihydropyridines is 1. The number of ether oxygens (including phenoxy) is 2. The van der Waals surface area contributed by atoms with Gasteiger partial charge in [0.15, 0.2) is 5.78 Å². The molecule has 5 nitrogen and oxygen atoms in total. The second-order valence-electron chi connectivity index (χ2n) is 8.61. The summed E-state index contributed by atoms with van der Waals surface area (Å²) >= 11 is 0. The fourth-order valence-electron chi connectivity index (χ4n) is 4.93. The van der Waals surface area contributed by atoms with E-state index in [1.54, 1.807) is 14.0 Å². The van der Waals surface area contributed by atoms with E-state index in [2.05, 4.69) is 24.4 Å². The standard InChI is InChI=1S/C28H31NO4/c1-5-18-10-12-19(13-11-18)26-25(28(31)33-6-2)17(3)29-23-15-21(16-24(30)27(23)26)20-8-7-9-22(14-20)32-4/h7-14,21,26,29H,5-6,15-16H2,1-4H3. The van der Waals surface area contributed by atoms with Crippen molar-refractivity contribution in [3.8, 4) is 5.75 Å². The maximum atomic E-state index is 13.6. The number of ketones is 1. The molecule has 0 saturated carbocycles. The SMILES string of the molecule is CCOC(=O)C1=C(C)NC2=C(C(=O)CC(c3cccc(OC)c3)C2)C1c1ccc(CC)cc1. The minimum absolute atomic E-state index is 0.0545. The molecule has 172 valence electrons. The predicted octanol–water partition coefficient (Wildman–Crippen LogP) is 5.18. The lowest BCUT2D eigenvalue weighted by atomic mass is 9.71. The molecular formula is C28H31NO4. The Kier molecular flexibility index (Phi) is 6.68.